The van der Waals surface area contributed by atoms with Crippen molar-refractivity contribution in [3.8, 4) is 5.75 Å². The van der Waals surface area contributed by atoms with Gasteiger partial charge in [0.15, 0.2) is 5.58 Å². The van der Waals surface area contributed by atoms with E-state index < -0.39 is 21.7 Å². The van der Waals surface area contributed by atoms with Crippen LogP contribution in [0.1, 0.15) is 16.6 Å². The summed E-state index contributed by atoms with van der Waals surface area (Å²) in [5, 5.41) is 1.70. The fraction of sp³-hybridized carbons (Fsp3) is 0.143. The lowest BCUT2D eigenvalue weighted by Crippen LogP contribution is -2.36. The summed E-state index contributed by atoms with van der Waals surface area (Å²) < 4.78 is 39.7. The van der Waals surface area contributed by atoms with Crippen LogP contribution >= 0.6 is 11.3 Å². The number of fused-ring (bicyclic) bond motifs is 1. The second kappa shape index (κ2) is 8.05. The summed E-state index contributed by atoms with van der Waals surface area (Å²) in [6.07, 6.45) is 0. The lowest BCUT2D eigenvalue weighted by atomic mass is 10.3. The fourth-order valence-corrected chi connectivity index (χ4v) is 5.22. The van der Waals surface area contributed by atoms with Gasteiger partial charge in [-0.3, -0.25) is 9.36 Å². The first-order valence-electron chi connectivity index (χ1n) is 9.28. The van der Waals surface area contributed by atoms with E-state index in [0.29, 0.717) is 17.9 Å². The number of hydrogen-bond donors (Lipinski definition) is 0. The second-order valence-corrected chi connectivity index (χ2v) is 9.27. The second-order valence-electron chi connectivity index (χ2n) is 6.54. The SMILES string of the molecule is CCOc1ccc(N(C(=O)c2cccs2)S(=O)(=O)c2ccc3c(c2)oc(=O)n3C)cc1. The van der Waals surface area contributed by atoms with Crippen molar-refractivity contribution < 1.29 is 22.4 Å². The third kappa shape index (κ3) is 3.75. The highest BCUT2D eigenvalue weighted by molar-refractivity contribution is 7.93. The molecule has 0 aliphatic carbocycles. The van der Waals surface area contributed by atoms with Crippen molar-refractivity contribution in [1.82, 2.24) is 4.57 Å². The third-order valence-electron chi connectivity index (χ3n) is 4.60. The molecular weight excluding hydrogens is 440 g/mol. The van der Waals surface area contributed by atoms with Gasteiger partial charge in [-0.2, -0.15) is 4.31 Å². The maximum Gasteiger partial charge on any atom is 0.419 e. The summed E-state index contributed by atoms with van der Waals surface area (Å²) in [6, 6.07) is 13.5. The first-order valence-corrected chi connectivity index (χ1v) is 11.6. The van der Waals surface area contributed by atoms with Crippen LogP contribution < -0.4 is 14.8 Å². The zero-order chi connectivity index (χ0) is 22.2. The zero-order valence-corrected chi connectivity index (χ0v) is 18.3. The molecule has 0 aliphatic heterocycles. The quantitative estimate of drug-likeness (QED) is 0.438. The number of amides is 1. The number of sulfonamides is 1. The van der Waals surface area contributed by atoms with Gasteiger partial charge in [-0.05, 0) is 54.8 Å². The monoisotopic (exact) mass is 458 g/mol. The molecule has 1 amide bonds. The number of hydrogen-bond acceptors (Lipinski definition) is 7. The number of carbonyl (C=O) groups excluding carboxylic acids is 1. The molecule has 31 heavy (non-hydrogen) atoms. The van der Waals surface area contributed by atoms with Crippen LogP contribution in [0.5, 0.6) is 5.75 Å². The van der Waals surface area contributed by atoms with Crippen molar-refractivity contribution in [2.45, 2.75) is 11.8 Å². The molecule has 0 radical (unpaired) electrons. The maximum atomic E-state index is 13.6. The van der Waals surface area contributed by atoms with Crippen molar-refractivity contribution in [3.63, 3.8) is 0 Å². The van der Waals surface area contributed by atoms with E-state index in [1.165, 1.54) is 41.9 Å². The molecule has 0 saturated heterocycles. The van der Waals surface area contributed by atoms with E-state index in [9.17, 15) is 18.0 Å². The Morgan fingerprint density at radius 1 is 1.16 bits per heavy atom. The highest BCUT2D eigenvalue weighted by Crippen LogP contribution is 2.30. The Labute approximate surface area is 182 Å². The first kappa shape index (κ1) is 20.9. The van der Waals surface area contributed by atoms with Gasteiger partial charge in [0.1, 0.15) is 5.75 Å². The fourth-order valence-electron chi connectivity index (χ4n) is 3.09. The van der Waals surface area contributed by atoms with E-state index in [1.807, 2.05) is 6.92 Å². The van der Waals surface area contributed by atoms with Gasteiger partial charge in [0.05, 0.1) is 27.6 Å². The summed E-state index contributed by atoms with van der Waals surface area (Å²) in [6.45, 7) is 2.29. The van der Waals surface area contributed by atoms with Crippen LogP contribution in [0.3, 0.4) is 0 Å². The molecule has 0 saturated carbocycles. The molecule has 0 bridgehead atoms. The van der Waals surface area contributed by atoms with Crippen LogP contribution in [-0.4, -0.2) is 25.5 Å². The molecule has 0 spiro atoms. The Morgan fingerprint density at radius 3 is 2.55 bits per heavy atom. The molecule has 160 valence electrons. The number of nitrogens with zero attached hydrogens (tertiary/aromatic N) is 2. The number of oxazole rings is 1. The van der Waals surface area contributed by atoms with Crippen LogP contribution in [0.15, 0.2) is 74.1 Å². The minimum absolute atomic E-state index is 0.115. The van der Waals surface area contributed by atoms with Crippen LogP contribution in [-0.2, 0) is 17.1 Å². The number of anilines is 1. The Morgan fingerprint density at radius 2 is 1.90 bits per heavy atom. The van der Waals surface area contributed by atoms with Crippen molar-refractivity contribution >= 4 is 44.1 Å². The van der Waals surface area contributed by atoms with Gasteiger partial charge in [0.2, 0.25) is 0 Å². The van der Waals surface area contributed by atoms with E-state index in [1.54, 1.807) is 29.6 Å². The first-order chi connectivity index (χ1) is 14.8. The van der Waals surface area contributed by atoms with Crippen LogP contribution in [0.4, 0.5) is 5.69 Å². The number of rotatable bonds is 6. The van der Waals surface area contributed by atoms with Crippen LogP contribution in [0.25, 0.3) is 11.1 Å². The average Bonchev–Trinajstić information content (AvgIpc) is 3.38. The molecule has 2 heterocycles. The van der Waals surface area contributed by atoms with Crippen molar-refractivity contribution in [1.29, 1.82) is 0 Å². The number of benzene rings is 2. The minimum Gasteiger partial charge on any atom is -0.494 e. The largest absolute Gasteiger partial charge is 0.494 e. The molecule has 2 aromatic heterocycles. The van der Waals surface area contributed by atoms with E-state index in [2.05, 4.69) is 0 Å². The molecule has 4 rings (SSSR count). The molecule has 0 N–H and O–H groups in total. The van der Waals surface area contributed by atoms with Crippen molar-refractivity contribution in [2.24, 2.45) is 7.05 Å². The van der Waals surface area contributed by atoms with Crippen molar-refractivity contribution in [2.75, 3.05) is 10.9 Å². The molecule has 0 unspecified atom stereocenters. The van der Waals surface area contributed by atoms with E-state index >= 15 is 0 Å². The van der Waals surface area contributed by atoms with Crippen LogP contribution in [0.2, 0.25) is 0 Å². The van der Waals surface area contributed by atoms with Gasteiger partial charge in [-0.1, -0.05) is 6.07 Å². The summed E-state index contributed by atoms with van der Waals surface area (Å²) >= 11 is 1.14. The van der Waals surface area contributed by atoms with Crippen LogP contribution in [0, 0.1) is 0 Å². The Hall–Kier alpha value is -3.37. The summed E-state index contributed by atoms with van der Waals surface area (Å²) in [7, 11) is -2.80. The lowest BCUT2D eigenvalue weighted by molar-refractivity contribution is 0.101. The predicted octanol–water partition coefficient (Wildman–Crippen LogP) is 3.63. The number of aryl methyl sites for hydroxylation is 1. The maximum absolute atomic E-state index is 13.6. The predicted molar refractivity (Wildman–Crippen MR) is 117 cm³/mol. The van der Waals surface area contributed by atoms with E-state index in [4.69, 9.17) is 9.15 Å². The molecule has 10 heteroatoms. The lowest BCUT2D eigenvalue weighted by Gasteiger charge is -2.22. The topological polar surface area (TPSA) is 98.8 Å². The highest BCUT2D eigenvalue weighted by Gasteiger charge is 2.33. The number of aromatic nitrogens is 1. The van der Waals surface area contributed by atoms with Gasteiger partial charge in [-0.25, -0.2) is 13.2 Å². The van der Waals surface area contributed by atoms with Crippen molar-refractivity contribution in [3.05, 3.63) is 75.4 Å². The molecule has 0 fully saturated rings. The number of ether oxygens (including phenoxy) is 1. The molecule has 4 aromatic rings. The van der Waals surface area contributed by atoms with Gasteiger partial charge >= 0.3 is 5.76 Å². The summed E-state index contributed by atoms with van der Waals surface area (Å²) in [5.74, 6) is -0.740. The minimum atomic E-state index is -4.32. The Kier molecular flexibility index (Phi) is 5.42. The number of carbonyl (C=O) groups is 1. The average molecular weight is 459 g/mol. The normalized spacial score (nSPS) is 11.5. The smallest absolute Gasteiger partial charge is 0.419 e. The summed E-state index contributed by atoms with van der Waals surface area (Å²) in [4.78, 5) is 25.1. The van der Waals surface area contributed by atoms with Gasteiger partial charge in [0, 0.05) is 13.1 Å². The van der Waals surface area contributed by atoms with Gasteiger partial charge < -0.3 is 9.15 Å². The third-order valence-corrected chi connectivity index (χ3v) is 7.17. The van der Waals surface area contributed by atoms with Gasteiger partial charge in [0.25, 0.3) is 15.9 Å². The summed E-state index contributed by atoms with van der Waals surface area (Å²) in [5.41, 5.74) is 0.724. The standard InChI is InChI=1S/C21H18N2O6S2/c1-3-28-15-8-6-14(7-9-15)23(20(24)19-5-4-12-30-19)31(26,27)16-10-11-17-18(13-16)29-21(25)22(17)2/h4-13H,3H2,1-2H3. The molecule has 8 nitrogen and oxygen atoms in total. The van der Waals surface area contributed by atoms with E-state index in [-0.39, 0.29) is 21.0 Å². The molecule has 0 atom stereocenters. The molecule has 2 aromatic carbocycles. The molecule has 0 aliphatic rings. The number of thiophene rings is 1. The highest BCUT2D eigenvalue weighted by atomic mass is 32.2. The van der Waals surface area contributed by atoms with E-state index in [0.717, 1.165) is 15.6 Å². The Bertz CT molecular complexity index is 1400. The Balaban J connectivity index is 1.85. The molecular formula is C21H18N2O6S2. The zero-order valence-electron chi connectivity index (χ0n) is 16.6. The van der Waals surface area contributed by atoms with Gasteiger partial charge in [-0.15, -0.1) is 11.3 Å².